The van der Waals surface area contributed by atoms with Crippen LogP contribution in [-0.2, 0) is 12.3 Å². The van der Waals surface area contributed by atoms with E-state index in [2.05, 4.69) is 45.1 Å². The maximum atomic E-state index is 6.21. The molecule has 2 aromatic heterocycles. The Bertz CT molecular complexity index is 777. The van der Waals surface area contributed by atoms with Gasteiger partial charge in [-0.1, -0.05) is 18.2 Å². The number of fused-ring (bicyclic) bond motifs is 2. The molecule has 0 saturated carbocycles. The van der Waals surface area contributed by atoms with E-state index in [1.54, 1.807) is 11.3 Å². The SMILES string of the molecule is ClCc1c(N2CCCCc3ccccc32)nc2sccn12. The fourth-order valence-electron chi connectivity index (χ4n) is 3.07. The number of hydrogen-bond acceptors (Lipinski definition) is 3. The third-order valence-corrected chi connectivity index (χ3v) is 5.09. The van der Waals surface area contributed by atoms with Gasteiger partial charge in [0.25, 0.3) is 0 Å². The Hall–Kier alpha value is -1.52. The molecule has 0 N–H and O–H groups in total. The molecule has 1 aliphatic rings. The molecule has 3 heterocycles. The van der Waals surface area contributed by atoms with Crippen molar-refractivity contribution in [3.05, 3.63) is 47.1 Å². The van der Waals surface area contributed by atoms with Crippen LogP contribution in [0.15, 0.2) is 35.8 Å². The normalized spacial score (nSPS) is 15.2. The van der Waals surface area contributed by atoms with Gasteiger partial charge in [-0.2, -0.15) is 0 Å². The second-order valence-corrected chi connectivity index (χ2v) is 6.45. The summed E-state index contributed by atoms with van der Waals surface area (Å²) in [5.41, 5.74) is 3.78. The van der Waals surface area contributed by atoms with E-state index in [-0.39, 0.29) is 0 Å². The number of para-hydroxylation sites is 1. The van der Waals surface area contributed by atoms with E-state index >= 15 is 0 Å². The number of halogens is 1. The van der Waals surface area contributed by atoms with Gasteiger partial charge in [0.2, 0.25) is 0 Å². The fraction of sp³-hybridized carbons (Fsp3) is 0.312. The lowest BCUT2D eigenvalue weighted by Crippen LogP contribution is -2.19. The number of rotatable bonds is 2. The largest absolute Gasteiger partial charge is 0.325 e. The maximum absolute atomic E-state index is 6.21. The van der Waals surface area contributed by atoms with Crippen molar-refractivity contribution in [2.24, 2.45) is 0 Å². The second-order valence-electron chi connectivity index (χ2n) is 5.31. The van der Waals surface area contributed by atoms with Crippen LogP contribution in [0.3, 0.4) is 0 Å². The average Bonchev–Trinajstić information content (AvgIpc) is 3.02. The third-order valence-electron chi connectivity index (χ3n) is 4.08. The first-order valence-corrected chi connectivity index (χ1v) is 8.66. The first-order valence-electron chi connectivity index (χ1n) is 7.24. The lowest BCUT2D eigenvalue weighted by atomic mass is 10.1. The zero-order chi connectivity index (χ0) is 14.2. The second kappa shape index (κ2) is 5.35. The van der Waals surface area contributed by atoms with Crippen LogP contribution in [-0.4, -0.2) is 15.9 Å². The number of thiazole rings is 1. The highest BCUT2D eigenvalue weighted by atomic mass is 35.5. The molecule has 0 aliphatic carbocycles. The highest BCUT2D eigenvalue weighted by molar-refractivity contribution is 7.15. The van der Waals surface area contributed by atoms with Gasteiger partial charge in [0.1, 0.15) is 0 Å². The van der Waals surface area contributed by atoms with E-state index < -0.39 is 0 Å². The molecule has 108 valence electrons. The van der Waals surface area contributed by atoms with Gasteiger partial charge in [-0.25, -0.2) is 4.98 Å². The maximum Gasteiger partial charge on any atom is 0.195 e. The number of alkyl halides is 1. The molecule has 0 spiro atoms. The number of nitrogens with zero attached hydrogens (tertiary/aromatic N) is 3. The highest BCUT2D eigenvalue weighted by Gasteiger charge is 2.23. The van der Waals surface area contributed by atoms with Crippen molar-refractivity contribution in [2.45, 2.75) is 25.1 Å². The number of aryl methyl sites for hydroxylation is 1. The zero-order valence-corrected chi connectivity index (χ0v) is 13.2. The van der Waals surface area contributed by atoms with Gasteiger partial charge in [0, 0.05) is 23.8 Å². The third kappa shape index (κ3) is 2.14. The van der Waals surface area contributed by atoms with Crippen molar-refractivity contribution in [3.8, 4) is 0 Å². The van der Waals surface area contributed by atoms with Crippen LogP contribution in [0.5, 0.6) is 0 Å². The minimum Gasteiger partial charge on any atom is -0.325 e. The molecule has 0 atom stereocenters. The minimum atomic E-state index is 0.478. The number of anilines is 2. The molecule has 1 aliphatic heterocycles. The monoisotopic (exact) mass is 317 g/mol. The number of hydrogen-bond donors (Lipinski definition) is 0. The molecule has 0 bridgehead atoms. The summed E-state index contributed by atoms with van der Waals surface area (Å²) in [6.07, 6.45) is 5.61. The van der Waals surface area contributed by atoms with Crippen LogP contribution in [0, 0.1) is 0 Å². The van der Waals surface area contributed by atoms with Crippen LogP contribution in [0.1, 0.15) is 24.1 Å². The van der Waals surface area contributed by atoms with Crippen LogP contribution in [0.4, 0.5) is 11.5 Å². The van der Waals surface area contributed by atoms with E-state index in [9.17, 15) is 0 Å². The first kappa shape index (κ1) is 13.2. The smallest absolute Gasteiger partial charge is 0.195 e. The molecule has 0 saturated heterocycles. The van der Waals surface area contributed by atoms with Gasteiger partial charge in [-0.15, -0.1) is 22.9 Å². The molecule has 0 amide bonds. The van der Waals surface area contributed by atoms with E-state index in [0.29, 0.717) is 5.88 Å². The molecule has 3 aromatic rings. The lowest BCUT2D eigenvalue weighted by molar-refractivity contribution is 0.757. The predicted octanol–water partition coefficient (Wildman–Crippen LogP) is 4.61. The first-order chi connectivity index (χ1) is 10.4. The van der Waals surface area contributed by atoms with Gasteiger partial charge in [-0.3, -0.25) is 4.40 Å². The minimum absolute atomic E-state index is 0.478. The van der Waals surface area contributed by atoms with Crippen molar-refractivity contribution < 1.29 is 0 Å². The summed E-state index contributed by atoms with van der Waals surface area (Å²) >= 11 is 7.87. The molecule has 1 aromatic carbocycles. The Labute approximate surface area is 132 Å². The molecule has 0 unspecified atom stereocenters. The van der Waals surface area contributed by atoms with Gasteiger partial charge < -0.3 is 4.90 Å². The molecule has 4 rings (SSSR count). The van der Waals surface area contributed by atoms with Crippen molar-refractivity contribution in [1.29, 1.82) is 0 Å². The van der Waals surface area contributed by atoms with Crippen LogP contribution in [0.25, 0.3) is 4.96 Å². The standard InChI is InChI=1S/C16H16ClN3S/c17-11-14-15(18-16-20(14)9-10-21-16)19-8-4-3-6-12-5-1-2-7-13(12)19/h1-2,5,7,9-10H,3-4,6,8,11H2. The van der Waals surface area contributed by atoms with Gasteiger partial charge in [0.15, 0.2) is 10.8 Å². The topological polar surface area (TPSA) is 20.5 Å². The number of imidazole rings is 1. The molecular weight excluding hydrogens is 302 g/mol. The number of benzene rings is 1. The Balaban J connectivity index is 1.89. The zero-order valence-electron chi connectivity index (χ0n) is 11.6. The Kier molecular flexibility index (Phi) is 3.36. The van der Waals surface area contributed by atoms with Crippen molar-refractivity contribution in [1.82, 2.24) is 9.38 Å². The molecule has 3 nitrogen and oxygen atoms in total. The Morgan fingerprint density at radius 1 is 1.24 bits per heavy atom. The average molecular weight is 318 g/mol. The molecule has 21 heavy (non-hydrogen) atoms. The van der Waals surface area contributed by atoms with Crippen molar-refractivity contribution in [3.63, 3.8) is 0 Å². The van der Waals surface area contributed by atoms with E-state index in [1.807, 2.05) is 0 Å². The summed E-state index contributed by atoms with van der Waals surface area (Å²) < 4.78 is 2.11. The Morgan fingerprint density at radius 3 is 3.05 bits per heavy atom. The molecular formula is C16H16ClN3S. The fourth-order valence-corrected chi connectivity index (χ4v) is 4.05. The van der Waals surface area contributed by atoms with Crippen LogP contribution >= 0.6 is 22.9 Å². The predicted molar refractivity (Wildman–Crippen MR) is 89.0 cm³/mol. The highest BCUT2D eigenvalue weighted by Crippen LogP contribution is 2.35. The Morgan fingerprint density at radius 2 is 2.14 bits per heavy atom. The summed E-state index contributed by atoms with van der Waals surface area (Å²) in [4.78, 5) is 8.19. The summed E-state index contributed by atoms with van der Waals surface area (Å²) in [5, 5.41) is 2.05. The van der Waals surface area contributed by atoms with E-state index in [1.165, 1.54) is 24.1 Å². The molecule has 0 radical (unpaired) electrons. The van der Waals surface area contributed by atoms with Gasteiger partial charge in [-0.05, 0) is 30.9 Å². The quantitative estimate of drug-likeness (QED) is 0.643. The van der Waals surface area contributed by atoms with E-state index in [0.717, 1.165) is 29.4 Å². The van der Waals surface area contributed by atoms with Crippen molar-refractivity contribution >= 4 is 39.4 Å². The van der Waals surface area contributed by atoms with E-state index in [4.69, 9.17) is 16.6 Å². The van der Waals surface area contributed by atoms with Gasteiger partial charge >= 0.3 is 0 Å². The summed E-state index contributed by atoms with van der Waals surface area (Å²) in [6, 6.07) is 8.66. The van der Waals surface area contributed by atoms with Gasteiger partial charge in [0.05, 0.1) is 11.6 Å². The lowest BCUT2D eigenvalue weighted by Gasteiger charge is -2.23. The van der Waals surface area contributed by atoms with Crippen molar-refractivity contribution in [2.75, 3.05) is 11.4 Å². The van der Waals surface area contributed by atoms with Crippen LogP contribution in [0.2, 0.25) is 0 Å². The summed E-state index contributed by atoms with van der Waals surface area (Å²) in [7, 11) is 0. The number of aromatic nitrogens is 2. The van der Waals surface area contributed by atoms with Crippen LogP contribution < -0.4 is 4.90 Å². The molecule has 0 fully saturated rings. The summed E-state index contributed by atoms with van der Waals surface area (Å²) in [5.74, 6) is 1.50. The summed E-state index contributed by atoms with van der Waals surface area (Å²) in [6.45, 7) is 1.01. The molecule has 5 heteroatoms.